The lowest BCUT2D eigenvalue weighted by molar-refractivity contribution is -0.0472. The summed E-state index contributed by atoms with van der Waals surface area (Å²) in [6.07, 6.45) is 2.92. The normalized spacial score (nSPS) is 32.3. The Morgan fingerprint density at radius 1 is 1.23 bits per heavy atom. The van der Waals surface area contributed by atoms with E-state index in [9.17, 15) is 0 Å². The Morgan fingerprint density at radius 3 is 2.15 bits per heavy atom. The van der Waals surface area contributed by atoms with Crippen LogP contribution in [0.5, 0.6) is 0 Å². The van der Waals surface area contributed by atoms with Gasteiger partial charge in [0.2, 0.25) is 0 Å². The molecule has 0 amide bonds. The molecule has 0 radical (unpaired) electrons. The van der Waals surface area contributed by atoms with E-state index >= 15 is 0 Å². The zero-order valence-electron chi connectivity index (χ0n) is 9.21. The first-order chi connectivity index (χ1) is 6.04. The van der Waals surface area contributed by atoms with Crippen molar-refractivity contribution in [1.82, 2.24) is 4.90 Å². The molecule has 1 heterocycles. The summed E-state index contributed by atoms with van der Waals surface area (Å²) in [6.45, 7) is 10.2. The van der Waals surface area contributed by atoms with Crippen molar-refractivity contribution in [2.45, 2.75) is 58.4 Å². The molecule has 2 rings (SSSR count). The number of hydrogen-bond acceptors (Lipinski definition) is 2. The van der Waals surface area contributed by atoms with Gasteiger partial charge in [-0.15, -0.1) is 0 Å². The van der Waals surface area contributed by atoms with E-state index in [1.807, 2.05) is 0 Å². The maximum atomic E-state index is 6.12. The second-order valence-electron chi connectivity index (χ2n) is 5.20. The summed E-state index contributed by atoms with van der Waals surface area (Å²) in [6, 6.07) is 0.618. The third kappa shape index (κ3) is 1.62. The molecule has 13 heavy (non-hydrogen) atoms. The van der Waals surface area contributed by atoms with E-state index in [0.29, 0.717) is 18.2 Å². The zero-order valence-corrected chi connectivity index (χ0v) is 9.21. The Labute approximate surface area is 81.3 Å². The fraction of sp³-hybridized carbons (Fsp3) is 1.00. The molecule has 2 fully saturated rings. The quantitative estimate of drug-likeness (QED) is 0.651. The molecule has 0 unspecified atom stereocenters. The molecule has 2 nitrogen and oxygen atoms in total. The molecule has 1 aliphatic carbocycles. The van der Waals surface area contributed by atoms with Crippen LogP contribution in [-0.2, 0) is 4.74 Å². The highest BCUT2D eigenvalue weighted by molar-refractivity contribution is 5.04. The van der Waals surface area contributed by atoms with Crippen molar-refractivity contribution >= 4 is 0 Å². The fourth-order valence-corrected chi connectivity index (χ4v) is 2.19. The van der Waals surface area contributed by atoms with Crippen LogP contribution in [0.25, 0.3) is 0 Å². The van der Waals surface area contributed by atoms with Gasteiger partial charge in [0.25, 0.3) is 0 Å². The van der Waals surface area contributed by atoms with E-state index < -0.39 is 0 Å². The van der Waals surface area contributed by atoms with Crippen molar-refractivity contribution in [3.63, 3.8) is 0 Å². The molecule has 1 spiro atoms. The minimum Gasteiger partial charge on any atom is -0.355 e. The van der Waals surface area contributed by atoms with E-state index in [2.05, 4.69) is 32.6 Å². The van der Waals surface area contributed by atoms with Crippen LogP contribution in [-0.4, -0.2) is 29.3 Å². The third-order valence-electron chi connectivity index (χ3n) is 3.21. The Kier molecular flexibility index (Phi) is 2.16. The monoisotopic (exact) mass is 183 g/mol. The van der Waals surface area contributed by atoms with Crippen molar-refractivity contribution in [3.8, 4) is 0 Å². The number of ether oxygens (including phenoxy) is 1. The zero-order chi connectivity index (χ0) is 9.64. The molecule has 0 aromatic heterocycles. The van der Waals surface area contributed by atoms with Gasteiger partial charge in [0.1, 0.15) is 6.23 Å². The largest absolute Gasteiger partial charge is 0.355 e. The van der Waals surface area contributed by atoms with Crippen LogP contribution in [0, 0.1) is 5.92 Å². The fourth-order valence-electron chi connectivity index (χ4n) is 2.19. The first kappa shape index (κ1) is 9.47. The van der Waals surface area contributed by atoms with Crippen molar-refractivity contribution in [2.75, 3.05) is 6.54 Å². The summed E-state index contributed by atoms with van der Waals surface area (Å²) >= 11 is 0. The smallest absolute Gasteiger partial charge is 0.114 e. The van der Waals surface area contributed by atoms with Crippen LogP contribution in [0.2, 0.25) is 0 Å². The molecule has 2 heteroatoms. The van der Waals surface area contributed by atoms with Gasteiger partial charge in [0.15, 0.2) is 0 Å². The molecule has 0 aromatic rings. The van der Waals surface area contributed by atoms with E-state index in [4.69, 9.17) is 4.74 Å². The maximum absolute atomic E-state index is 6.12. The molecule has 2 aliphatic rings. The van der Waals surface area contributed by atoms with Gasteiger partial charge in [0, 0.05) is 12.6 Å². The van der Waals surface area contributed by atoms with Crippen molar-refractivity contribution in [3.05, 3.63) is 0 Å². The van der Waals surface area contributed by atoms with E-state index in [1.165, 1.54) is 12.8 Å². The molecule has 1 aliphatic heterocycles. The SMILES string of the molecule is CC(C)[C@@H]1OC2(CC2)CN1C(C)C. The van der Waals surface area contributed by atoms with Crippen LogP contribution in [0.15, 0.2) is 0 Å². The van der Waals surface area contributed by atoms with Crippen LogP contribution in [0.1, 0.15) is 40.5 Å². The average molecular weight is 183 g/mol. The Balaban J connectivity index is 2.07. The minimum atomic E-state index is 0.277. The lowest BCUT2D eigenvalue weighted by Crippen LogP contribution is -2.39. The molecule has 0 bridgehead atoms. The third-order valence-corrected chi connectivity index (χ3v) is 3.21. The summed E-state index contributed by atoms with van der Waals surface area (Å²) in [5, 5.41) is 0. The molecule has 0 N–H and O–H groups in total. The maximum Gasteiger partial charge on any atom is 0.114 e. The lowest BCUT2D eigenvalue weighted by atomic mass is 10.1. The Morgan fingerprint density at radius 2 is 1.85 bits per heavy atom. The molecule has 1 atom stereocenters. The second-order valence-corrected chi connectivity index (χ2v) is 5.20. The molecule has 1 saturated carbocycles. The summed E-state index contributed by atoms with van der Waals surface area (Å²) in [5.41, 5.74) is 0.277. The summed E-state index contributed by atoms with van der Waals surface area (Å²) < 4.78 is 6.12. The molecule has 76 valence electrons. The summed E-state index contributed by atoms with van der Waals surface area (Å²) in [4.78, 5) is 2.51. The molecular weight excluding hydrogens is 162 g/mol. The van der Waals surface area contributed by atoms with Gasteiger partial charge in [0.05, 0.1) is 5.60 Å². The predicted octanol–water partition coefficient (Wildman–Crippen LogP) is 2.24. The number of nitrogens with zero attached hydrogens (tertiary/aromatic N) is 1. The van der Waals surface area contributed by atoms with Gasteiger partial charge in [-0.2, -0.15) is 0 Å². The average Bonchev–Trinajstić information content (AvgIpc) is 2.60. The molecule has 1 saturated heterocycles. The van der Waals surface area contributed by atoms with Crippen LogP contribution >= 0.6 is 0 Å². The first-order valence-corrected chi connectivity index (χ1v) is 5.48. The van der Waals surface area contributed by atoms with Gasteiger partial charge in [-0.1, -0.05) is 13.8 Å². The lowest BCUT2D eigenvalue weighted by Gasteiger charge is -2.28. The van der Waals surface area contributed by atoms with Gasteiger partial charge in [-0.25, -0.2) is 0 Å². The van der Waals surface area contributed by atoms with Gasteiger partial charge < -0.3 is 4.74 Å². The summed E-state index contributed by atoms with van der Waals surface area (Å²) in [7, 11) is 0. The topological polar surface area (TPSA) is 12.5 Å². The highest BCUT2D eigenvalue weighted by Gasteiger charge is 2.54. The highest BCUT2D eigenvalue weighted by Crippen LogP contribution is 2.47. The number of hydrogen-bond donors (Lipinski definition) is 0. The minimum absolute atomic E-state index is 0.277. The standard InChI is InChI=1S/C11H21NO/c1-8(2)10-12(9(3)4)7-11(13-10)5-6-11/h8-10H,5-7H2,1-4H3/t10-/m0/s1. The van der Waals surface area contributed by atoms with Gasteiger partial charge >= 0.3 is 0 Å². The van der Waals surface area contributed by atoms with Crippen molar-refractivity contribution < 1.29 is 4.74 Å². The molecular formula is C11H21NO. The first-order valence-electron chi connectivity index (χ1n) is 5.48. The van der Waals surface area contributed by atoms with Gasteiger partial charge in [-0.05, 0) is 32.6 Å². The Bertz CT molecular complexity index is 178. The Hall–Kier alpha value is -0.0800. The predicted molar refractivity (Wildman–Crippen MR) is 53.5 cm³/mol. The number of rotatable bonds is 2. The second kappa shape index (κ2) is 2.96. The van der Waals surface area contributed by atoms with Gasteiger partial charge in [-0.3, -0.25) is 4.90 Å². The van der Waals surface area contributed by atoms with E-state index in [1.54, 1.807) is 0 Å². The van der Waals surface area contributed by atoms with Crippen molar-refractivity contribution in [1.29, 1.82) is 0 Å². The van der Waals surface area contributed by atoms with Crippen molar-refractivity contribution in [2.24, 2.45) is 5.92 Å². The summed E-state index contributed by atoms with van der Waals surface area (Å²) in [5.74, 6) is 0.613. The highest BCUT2D eigenvalue weighted by atomic mass is 16.5. The van der Waals surface area contributed by atoms with Crippen LogP contribution in [0.3, 0.4) is 0 Å². The van der Waals surface area contributed by atoms with E-state index in [0.717, 1.165) is 6.54 Å². The van der Waals surface area contributed by atoms with Crippen LogP contribution in [0.4, 0.5) is 0 Å². The van der Waals surface area contributed by atoms with Crippen LogP contribution < -0.4 is 0 Å². The molecule has 0 aromatic carbocycles. The van der Waals surface area contributed by atoms with E-state index in [-0.39, 0.29) is 5.60 Å².